The van der Waals surface area contributed by atoms with Crippen LogP contribution in [0.3, 0.4) is 0 Å². The maximum absolute atomic E-state index is 9.94. The molecule has 1 aromatic carbocycles. The Morgan fingerprint density at radius 1 is 1.41 bits per heavy atom. The van der Waals surface area contributed by atoms with Gasteiger partial charge in [-0.15, -0.1) is 0 Å². The molecule has 1 N–H and O–H groups in total. The second kappa shape index (κ2) is 5.07. The maximum Gasteiger partial charge on any atom is 0.122 e. The van der Waals surface area contributed by atoms with Gasteiger partial charge in [-0.05, 0) is 44.4 Å². The molecule has 0 saturated carbocycles. The Hall–Kier alpha value is -1.06. The average molecular weight is 236 g/mol. The summed E-state index contributed by atoms with van der Waals surface area (Å²) < 4.78 is 11.2. The van der Waals surface area contributed by atoms with E-state index in [1.807, 2.05) is 24.3 Å². The fourth-order valence-corrected chi connectivity index (χ4v) is 1.95. The van der Waals surface area contributed by atoms with Crippen LogP contribution in [0.5, 0.6) is 5.75 Å². The first-order chi connectivity index (χ1) is 8.05. The Labute approximate surface area is 102 Å². The highest BCUT2D eigenvalue weighted by Crippen LogP contribution is 2.25. The molecule has 0 bridgehead atoms. The summed E-state index contributed by atoms with van der Waals surface area (Å²) in [5.74, 6) is 0.806. The lowest BCUT2D eigenvalue weighted by Gasteiger charge is -2.24. The zero-order valence-corrected chi connectivity index (χ0v) is 10.5. The normalized spacial score (nSPS) is 21.2. The van der Waals surface area contributed by atoms with Gasteiger partial charge in [-0.1, -0.05) is 12.1 Å². The third kappa shape index (κ3) is 3.45. The molecule has 0 radical (unpaired) electrons. The van der Waals surface area contributed by atoms with Crippen molar-refractivity contribution in [3.8, 4) is 5.75 Å². The zero-order chi connectivity index (χ0) is 12.3. The predicted molar refractivity (Wildman–Crippen MR) is 66.2 cm³/mol. The van der Waals surface area contributed by atoms with Crippen LogP contribution in [-0.2, 0) is 10.3 Å². The van der Waals surface area contributed by atoms with Crippen molar-refractivity contribution >= 4 is 0 Å². The third-order valence-electron chi connectivity index (χ3n) is 2.96. The molecular weight excluding hydrogens is 216 g/mol. The van der Waals surface area contributed by atoms with Gasteiger partial charge in [0.1, 0.15) is 11.9 Å². The van der Waals surface area contributed by atoms with E-state index >= 15 is 0 Å². The molecule has 3 nitrogen and oxygen atoms in total. The van der Waals surface area contributed by atoms with Crippen LogP contribution in [0.4, 0.5) is 0 Å². The van der Waals surface area contributed by atoms with Crippen LogP contribution in [0.1, 0.15) is 32.3 Å². The summed E-state index contributed by atoms with van der Waals surface area (Å²) in [7, 11) is 0. The van der Waals surface area contributed by atoms with Gasteiger partial charge in [0, 0.05) is 6.61 Å². The highest BCUT2D eigenvalue weighted by Gasteiger charge is 2.18. The average Bonchev–Trinajstić information content (AvgIpc) is 2.29. The first kappa shape index (κ1) is 12.4. The highest BCUT2D eigenvalue weighted by atomic mass is 16.5. The summed E-state index contributed by atoms with van der Waals surface area (Å²) >= 11 is 0. The van der Waals surface area contributed by atoms with Crippen LogP contribution in [0.15, 0.2) is 24.3 Å². The van der Waals surface area contributed by atoms with Gasteiger partial charge in [-0.3, -0.25) is 0 Å². The molecule has 0 amide bonds. The Kier molecular flexibility index (Phi) is 3.69. The minimum Gasteiger partial charge on any atom is -0.488 e. The maximum atomic E-state index is 9.94. The first-order valence-corrected chi connectivity index (χ1v) is 6.13. The van der Waals surface area contributed by atoms with Crippen molar-refractivity contribution in [2.75, 3.05) is 13.2 Å². The summed E-state index contributed by atoms with van der Waals surface area (Å²) in [5, 5.41) is 9.94. The smallest absolute Gasteiger partial charge is 0.122 e. The minimum atomic E-state index is -0.831. The van der Waals surface area contributed by atoms with E-state index in [0.717, 1.165) is 30.8 Å². The molecule has 0 spiro atoms. The molecule has 1 unspecified atom stereocenters. The van der Waals surface area contributed by atoms with Gasteiger partial charge in [0.25, 0.3) is 0 Å². The lowest BCUT2D eigenvalue weighted by Crippen LogP contribution is -2.28. The quantitative estimate of drug-likeness (QED) is 0.876. The Morgan fingerprint density at radius 3 is 2.88 bits per heavy atom. The number of hydrogen-bond donors (Lipinski definition) is 1. The predicted octanol–water partition coefficient (Wildman–Crippen LogP) is 2.47. The van der Waals surface area contributed by atoms with E-state index in [-0.39, 0.29) is 6.10 Å². The molecule has 0 aliphatic carbocycles. The van der Waals surface area contributed by atoms with E-state index in [0.29, 0.717) is 6.61 Å². The SMILES string of the molecule is CC(C)(O)c1cccc(OC2CCCOC2)c1. The molecule has 1 heterocycles. The Balaban J connectivity index is 2.05. The molecule has 1 fully saturated rings. The zero-order valence-electron chi connectivity index (χ0n) is 10.5. The van der Waals surface area contributed by atoms with Crippen LogP contribution in [-0.4, -0.2) is 24.4 Å². The largest absolute Gasteiger partial charge is 0.488 e. The van der Waals surface area contributed by atoms with E-state index in [2.05, 4.69) is 0 Å². The first-order valence-electron chi connectivity index (χ1n) is 6.13. The van der Waals surface area contributed by atoms with Crippen LogP contribution in [0.2, 0.25) is 0 Å². The second-order valence-electron chi connectivity index (χ2n) is 5.04. The topological polar surface area (TPSA) is 38.7 Å². The highest BCUT2D eigenvalue weighted by molar-refractivity contribution is 5.31. The molecule has 17 heavy (non-hydrogen) atoms. The van der Waals surface area contributed by atoms with Crippen molar-refractivity contribution < 1.29 is 14.6 Å². The monoisotopic (exact) mass is 236 g/mol. The standard InChI is InChI=1S/C14H20O3/c1-14(2,15)11-5-3-6-12(9-11)17-13-7-4-8-16-10-13/h3,5-6,9,13,15H,4,7-8,10H2,1-2H3. The molecule has 1 aliphatic rings. The van der Waals surface area contributed by atoms with Crippen molar-refractivity contribution in [2.24, 2.45) is 0 Å². The number of ether oxygens (including phenoxy) is 2. The molecule has 3 heteroatoms. The number of hydrogen-bond acceptors (Lipinski definition) is 3. The summed E-state index contributed by atoms with van der Waals surface area (Å²) in [6.07, 6.45) is 2.23. The van der Waals surface area contributed by atoms with Gasteiger partial charge in [0.15, 0.2) is 0 Å². The van der Waals surface area contributed by atoms with Crippen molar-refractivity contribution in [2.45, 2.75) is 38.4 Å². The van der Waals surface area contributed by atoms with Gasteiger partial charge in [0.05, 0.1) is 12.2 Å². The van der Waals surface area contributed by atoms with Gasteiger partial charge >= 0.3 is 0 Å². The lowest BCUT2D eigenvalue weighted by molar-refractivity contribution is 0.00712. The number of rotatable bonds is 3. The minimum absolute atomic E-state index is 0.140. The van der Waals surface area contributed by atoms with Gasteiger partial charge < -0.3 is 14.6 Å². The number of benzene rings is 1. The summed E-state index contributed by atoms with van der Waals surface area (Å²) in [4.78, 5) is 0. The van der Waals surface area contributed by atoms with Crippen LogP contribution < -0.4 is 4.74 Å². The van der Waals surface area contributed by atoms with Crippen LogP contribution in [0, 0.1) is 0 Å². The van der Waals surface area contributed by atoms with E-state index in [9.17, 15) is 5.11 Å². The van der Waals surface area contributed by atoms with Gasteiger partial charge in [-0.2, -0.15) is 0 Å². The number of aliphatic hydroxyl groups is 1. The lowest BCUT2D eigenvalue weighted by atomic mass is 9.98. The molecule has 0 aromatic heterocycles. The molecular formula is C14H20O3. The molecule has 1 aromatic rings. The van der Waals surface area contributed by atoms with Crippen molar-refractivity contribution in [3.63, 3.8) is 0 Å². The third-order valence-corrected chi connectivity index (χ3v) is 2.96. The summed E-state index contributed by atoms with van der Waals surface area (Å²) in [6, 6.07) is 7.63. The van der Waals surface area contributed by atoms with Crippen LogP contribution in [0.25, 0.3) is 0 Å². The van der Waals surface area contributed by atoms with Gasteiger partial charge in [0.2, 0.25) is 0 Å². The van der Waals surface area contributed by atoms with Crippen LogP contribution >= 0.6 is 0 Å². The Bertz CT molecular complexity index is 362. The van der Waals surface area contributed by atoms with Gasteiger partial charge in [-0.25, -0.2) is 0 Å². The Morgan fingerprint density at radius 2 is 2.24 bits per heavy atom. The molecule has 1 aliphatic heterocycles. The fraction of sp³-hybridized carbons (Fsp3) is 0.571. The van der Waals surface area contributed by atoms with Crippen molar-refractivity contribution in [1.29, 1.82) is 0 Å². The van der Waals surface area contributed by atoms with Crippen molar-refractivity contribution in [3.05, 3.63) is 29.8 Å². The molecule has 2 rings (SSSR count). The van der Waals surface area contributed by atoms with Crippen molar-refractivity contribution in [1.82, 2.24) is 0 Å². The summed E-state index contributed by atoms with van der Waals surface area (Å²) in [5.41, 5.74) is 0.0364. The van der Waals surface area contributed by atoms with E-state index in [1.165, 1.54) is 0 Å². The molecule has 94 valence electrons. The second-order valence-corrected chi connectivity index (χ2v) is 5.04. The van der Waals surface area contributed by atoms with E-state index in [1.54, 1.807) is 13.8 Å². The van der Waals surface area contributed by atoms with E-state index in [4.69, 9.17) is 9.47 Å². The van der Waals surface area contributed by atoms with E-state index < -0.39 is 5.60 Å². The molecule has 1 saturated heterocycles. The fourth-order valence-electron chi connectivity index (χ4n) is 1.95. The summed E-state index contributed by atoms with van der Waals surface area (Å²) in [6.45, 7) is 5.04. The molecule has 1 atom stereocenters.